The van der Waals surface area contributed by atoms with Crippen LogP contribution in [0, 0.1) is 0 Å². The van der Waals surface area contributed by atoms with Gasteiger partial charge in [0.05, 0.1) is 0 Å². The predicted molar refractivity (Wildman–Crippen MR) is 234 cm³/mol. The van der Waals surface area contributed by atoms with Crippen LogP contribution in [0.25, 0.3) is 120 Å². The van der Waals surface area contributed by atoms with Crippen molar-refractivity contribution < 1.29 is 4.42 Å². The number of thiophene rings is 1. The first-order valence-corrected chi connectivity index (χ1v) is 19.6. The molecule has 0 bridgehead atoms. The molecule has 4 nitrogen and oxygen atoms in total. The minimum atomic E-state index is 0.605. The zero-order valence-corrected chi connectivity index (χ0v) is 30.7. The second-order valence-corrected chi connectivity index (χ2v) is 15.4. The molecule has 12 aromatic rings. The molecule has 5 heteroatoms. The van der Waals surface area contributed by atoms with Crippen molar-refractivity contribution in [2.24, 2.45) is 0 Å². The predicted octanol–water partition coefficient (Wildman–Crippen LogP) is 14.3. The number of para-hydroxylation sites is 1. The van der Waals surface area contributed by atoms with Crippen molar-refractivity contribution in [1.82, 2.24) is 15.0 Å². The number of rotatable bonds is 4. The van der Waals surface area contributed by atoms with E-state index in [0.717, 1.165) is 55.1 Å². The molecule has 0 spiro atoms. The maximum absolute atomic E-state index is 6.32. The molecular weight excluding hydrogens is 703 g/mol. The van der Waals surface area contributed by atoms with Crippen molar-refractivity contribution in [3.8, 4) is 45.3 Å². The van der Waals surface area contributed by atoms with E-state index in [9.17, 15) is 0 Å². The van der Waals surface area contributed by atoms with Gasteiger partial charge in [0.25, 0.3) is 0 Å². The van der Waals surface area contributed by atoms with Crippen LogP contribution < -0.4 is 0 Å². The van der Waals surface area contributed by atoms with Crippen LogP contribution in [-0.2, 0) is 0 Å². The van der Waals surface area contributed by atoms with E-state index >= 15 is 0 Å². The SMILES string of the molecule is c1ccc(-c2nc(-c3cccc4oc5ccccc5c34)nc(-c3cc(-c4ccc5c6ccccc6c6ccccc6c5c4)cc4sc5ccccc5c34)n2)cc1. The summed E-state index contributed by atoms with van der Waals surface area (Å²) in [5.41, 5.74) is 6.71. The topological polar surface area (TPSA) is 51.8 Å². The molecule has 12 rings (SSSR count). The molecule has 9 aromatic carbocycles. The zero-order valence-electron chi connectivity index (χ0n) is 29.9. The molecule has 3 aromatic heterocycles. The lowest BCUT2D eigenvalue weighted by molar-refractivity contribution is 0.669. The molecule has 0 saturated heterocycles. The highest BCUT2D eigenvalue weighted by atomic mass is 32.1. The molecule has 56 heavy (non-hydrogen) atoms. The Balaban J connectivity index is 1.15. The Morgan fingerprint density at radius 2 is 0.911 bits per heavy atom. The van der Waals surface area contributed by atoms with Crippen LogP contribution in [0.1, 0.15) is 0 Å². The number of nitrogens with zero attached hydrogens (tertiary/aromatic N) is 3. The molecule has 0 amide bonds. The fraction of sp³-hybridized carbons (Fsp3) is 0. The third-order valence-corrected chi connectivity index (χ3v) is 12.2. The normalized spacial score (nSPS) is 11.9. The highest BCUT2D eigenvalue weighted by Gasteiger charge is 2.21. The smallest absolute Gasteiger partial charge is 0.164 e. The van der Waals surface area contributed by atoms with Gasteiger partial charge in [-0.15, -0.1) is 11.3 Å². The number of aromatic nitrogens is 3. The molecule has 0 radical (unpaired) electrons. The molecule has 0 atom stereocenters. The fourth-order valence-electron chi connectivity index (χ4n) is 8.58. The molecule has 0 saturated carbocycles. The van der Waals surface area contributed by atoms with E-state index in [1.54, 1.807) is 0 Å². The maximum Gasteiger partial charge on any atom is 0.164 e. The van der Waals surface area contributed by atoms with Crippen molar-refractivity contribution in [1.29, 1.82) is 0 Å². The summed E-state index contributed by atoms with van der Waals surface area (Å²) in [6, 6.07) is 62.1. The first-order valence-electron chi connectivity index (χ1n) is 18.8. The van der Waals surface area contributed by atoms with Gasteiger partial charge in [-0.2, -0.15) is 0 Å². The van der Waals surface area contributed by atoms with Crippen LogP contribution in [0.5, 0.6) is 0 Å². The summed E-state index contributed by atoms with van der Waals surface area (Å²) < 4.78 is 8.73. The molecule has 0 aliphatic heterocycles. The van der Waals surface area contributed by atoms with Gasteiger partial charge in [0.2, 0.25) is 0 Å². The van der Waals surface area contributed by atoms with Gasteiger partial charge in [0, 0.05) is 47.6 Å². The average molecular weight is 732 g/mol. The largest absolute Gasteiger partial charge is 0.456 e. The van der Waals surface area contributed by atoms with Crippen LogP contribution in [0.3, 0.4) is 0 Å². The molecule has 260 valence electrons. The summed E-state index contributed by atoms with van der Waals surface area (Å²) in [5, 5.41) is 11.9. The number of hydrogen-bond donors (Lipinski definition) is 0. The molecule has 0 aliphatic rings. The Bertz CT molecular complexity index is 3510. The standard InChI is InChI=1S/C51H29N3OS/c1-2-13-30(14-3-1)49-52-50(40-21-12-23-44-47(40)38-19-8-10-22-43(38)55-44)54-51(53-49)42-28-32(29-46-48(42)39-20-9-11-24-45(39)56-46)31-25-26-37-35-17-5-4-15-33(35)34-16-6-7-18-36(34)41(37)27-31/h1-29H. The van der Waals surface area contributed by atoms with Crippen LogP contribution >= 0.6 is 11.3 Å². The van der Waals surface area contributed by atoms with Gasteiger partial charge in [0.15, 0.2) is 17.5 Å². The Labute approximate surface area is 325 Å². The molecule has 0 N–H and O–H groups in total. The van der Waals surface area contributed by atoms with Crippen molar-refractivity contribution in [2.75, 3.05) is 0 Å². The van der Waals surface area contributed by atoms with E-state index in [1.165, 1.54) is 47.1 Å². The first kappa shape index (κ1) is 31.2. The second kappa shape index (κ2) is 12.2. The highest BCUT2D eigenvalue weighted by molar-refractivity contribution is 7.26. The van der Waals surface area contributed by atoms with Gasteiger partial charge in [0.1, 0.15) is 11.2 Å². The summed E-state index contributed by atoms with van der Waals surface area (Å²) in [7, 11) is 0. The van der Waals surface area contributed by atoms with E-state index in [1.807, 2.05) is 59.9 Å². The molecule has 0 unspecified atom stereocenters. The van der Waals surface area contributed by atoms with Crippen molar-refractivity contribution >= 4 is 85.8 Å². The summed E-state index contributed by atoms with van der Waals surface area (Å²) in [6.07, 6.45) is 0. The van der Waals surface area contributed by atoms with Crippen LogP contribution in [-0.4, -0.2) is 15.0 Å². The molecule has 3 heterocycles. The number of benzene rings is 9. The molecule has 0 fully saturated rings. The van der Waals surface area contributed by atoms with E-state index in [2.05, 4.69) is 127 Å². The summed E-state index contributed by atoms with van der Waals surface area (Å²) >= 11 is 1.81. The molecular formula is C51H29N3OS. The third-order valence-electron chi connectivity index (χ3n) is 11.1. The van der Waals surface area contributed by atoms with Crippen molar-refractivity contribution in [3.63, 3.8) is 0 Å². The second-order valence-electron chi connectivity index (χ2n) is 14.3. The van der Waals surface area contributed by atoms with E-state index < -0.39 is 0 Å². The minimum Gasteiger partial charge on any atom is -0.456 e. The van der Waals surface area contributed by atoms with Crippen LogP contribution in [0.15, 0.2) is 180 Å². The van der Waals surface area contributed by atoms with Gasteiger partial charge in [-0.05, 0) is 79.8 Å². The van der Waals surface area contributed by atoms with Gasteiger partial charge < -0.3 is 4.42 Å². The Kier molecular flexibility index (Phi) is 6.76. The quantitative estimate of drug-likeness (QED) is 0.169. The number of fused-ring (bicyclic) bond motifs is 12. The lowest BCUT2D eigenvalue weighted by Crippen LogP contribution is -2.01. The lowest BCUT2D eigenvalue weighted by Gasteiger charge is -2.14. The Morgan fingerprint density at radius 3 is 1.68 bits per heavy atom. The Hall–Kier alpha value is -7.21. The van der Waals surface area contributed by atoms with Gasteiger partial charge >= 0.3 is 0 Å². The van der Waals surface area contributed by atoms with E-state index in [-0.39, 0.29) is 0 Å². The fourth-order valence-corrected chi connectivity index (χ4v) is 9.75. The minimum absolute atomic E-state index is 0.605. The Morgan fingerprint density at radius 1 is 0.321 bits per heavy atom. The van der Waals surface area contributed by atoms with E-state index in [0.29, 0.717) is 17.5 Å². The van der Waals surface area contributed by atoms with Crippen molar-refractivity contribution in [2.45, 2.75) is 0 Å². The molecule has 0 aliphatic carbocycles. The van der Waals surface area contributed by atoms with Crippen LogP contribution in [0.2, 0.25) is 0 Å². The van der Waals surface area contributed by atoms with Gasteiger partial charge in [-0.1, -0.05) is 140 Å². The maximum atomic E-state index is 6.32. The van der Waals surface area contributed by atoms with Gasteiger partial charge in [-0.25, -0.2) is 15.0 Å². The average Bonchev–Trinajstić information content (AvgIpc) is 3.85. The lowest BCUT2D eigenvalue weighted by atomic mass is 9.91. The summed E-state index contributed by atoms with van der Waals surface area (Å²) in [6.45, 7) is 0. The summed E-state index contributed by atoms with van der Waals surface area (Å²) in [4.78, 5) is 15.8. The van der Waals surface area contributed by atoms with Gasteiger partial charge in [-0.3, -0.25) is 0 Å². The van der Waals surface area contributed by atoms with E-state index in [4.69, 9.17) is 19.4 Å². The monoisotopic (exact) mass is 731 g/mol. The van der Waals surface area contributed by atoms with Crippen molar-refractivity contribution in [3.05, 3.63) is 176 Å². The summed E-state index contributed by atoms with van der Waals surface area (Å²) in [5.74, 6) is 1.86. The number of hydrogen-bond acceptors (Lipinski definition) is 5. The number of furan rings is 1. The van der Waals surface area contributed by atoms with Crippen LogP contribution in [0.4, 0.5) is 0 Å². The third kappa shape index (κ3) is 4.75. The zero-order chi connectivity index (χ0) is 36.7. The highest BCUT2D eigenvalue weighted by Crippen LogP contribution is 2.44. The first-order chi connectivity index (χ1) is 27.7.